The van der Waals surface area contributed by atoms with E-state index in [0.717, 1.165) is 15.0 Å². The second-order valence-electron chi connectivity index (χ2n) is 5.45. The molecule has 1 N–H and O–H groups in total. The summed E-state index contributed by atoms with van der Waals surface area (Å²) < 4.78 is 39.8. The minimum Gasteiger partial charge on any atom is -0.481 e. The zero-order chi connectivity index (χ0) is 16.8. The predicted molar refractivity (Wildman–Crippen MR) is 78.4 cm³/mol. The molecule has 122 valence electrons. The van der Waals surface area contributed by atoms with Gasteiger partial charge in [-0.15, -0.1) is 11.3 Å². The summed E-state index contributed by atoms with van der Waals surface area (Å²) in [5, 5.41) is 9.83. The second-order valence-corrected chi connectivity index (χ2v) is 6.54. The number of rotatable bonds is 2. The molecule has 4 nitrogen and oxygen atoms in total. The molecule has 1 amide bonds. The monoisotopic (exact) mass is 343 g/mol. The van der Waals surface area contributed by atoms with Crippen molar-refractivity contribution >= 4 is 33.3 Å². The molecule has 0 spiro atoms. The average Bonchev–Trinajstić information content (AvgIpc) is 3.10. The van der Waals surface area contributed by atoms with E-state index in [9.17, 15) is 22.8 Å². The zero-order valence-electron chi connectivity index (χ0n) is 11.7. The Morgan fingerprint density at radius 1 is 1.22 bits per heavy atom. The number of amides is 1. The molecule has 0 aliphatic carbocycles. The largest absolute Gasteiger partial charge is 0.481 e. The van der Waals surface area contributed by atoms with Crippen LogP contribution >= 0.6 is 11.3 Å². The lowest BCUT2D eigenvalue weighted by molar-refractivity contribution is -0.187. The first-order valence-electron chi connectivity index (χ1n) is 6.84. The van der Waals surface area contributed by atoms with Gasteiger partial charge in [-0.25, -0.2) is 0 Å². The number of carbonyl (C=O) groups excluding carboxylic acids is 1. The van der Waals surface area contributed by atoms with E-state index in [1.54, 1.807) is 12.1 Å². The molecule has 1 aromatic heterocycles. The molecular formula is C15H12F3NO3S. The zero-order valence-corrected chi connectivity index (χ0v) is 12.5. The maximum Gasteiger partial charge on any atom is 0.394 e. The van der Waals surface area contributed by atoms with Gasteiger partial charge in [-0.3, -0.25) is 9.59 Å². The minimum absolute atomic E-state index is 0.318. The number of fused-ring (bicyclic) bond motifs is 1. The number of thiophene rings is 1. The number of aliphatic carboxylic acids is 1. The van der Waals surface area contributed by atoms with Crippen molar-refractivity contribution in [2.75, 3.05) is 13.1 Å². The molecule has 1 aromatic carbocycles. The van der Waals surface area contributed by atoms with E-state index >= 15 is 0 Å². The quantitative estimate of drug-likeness (QED) is 0.911. The van der Waals surface area contributed by atoms with Crippen molar-refractivity contribution in [2.45, 2.75) is 6.18 Å². The van der Waals surface area contributed by atoms with E-state index in [1.165, 1.54) is 11.3 Å². The Bertz CT molecular complexity index is 738. The van der Waals surface area contributed by atoms with Crippen LogP contribution in [0.25, 0.3) is 10.1 Å². The van der Waals surface area contributed by atoms with Crippen LogP contribution in [0.15, 0.2) is 30.3 Å². The van der Waals surface area contributed by atoms with Gasteiger partial charge in [0.15, 0.2) is 0 Å². The Kier molecular flexibility index (Phi) is 3.79. The van der Waals surface area contributed by atoms with Gasteiger partial charge in [-0.1, -0.05) is 18.2 Å². The van der Waals surface area contributed by atoms with E-state index in [1.807, 2.05) is 18.2 Å². The Morgan fingerprint density at radius 3 is 2.48 bits per heavy atom. The third kappa shape index (κ3) is 2.90. The first-order chi connectivity index (χ1) is 10.8. The second kappa shape index (κ2) is 5.52. The van der Waals surface area contributed by atoms with Gasteiger partial charge in [-0.2, -0.15) is 13.2 Å². The molecule has 1 fully saturated rings. The molecule has 2 heterocycles. The molecule has 3 rings (SSSR count). The fourth-order valence-corrected chi connectivity index (χ4v) is 3.83. The van der Waals surface area contributed by atoms with Crippen LogP contribution in [0.2, 0.25) is 0 Å². The van der Waals surface area contributed by atoms with Gasteiger partial charge in [0.05, 0.1) is 16.7 Å². The highest BCUT2D eigenvalue weighted by molar-refractivity contribution is 7.20. The molecule has 0 unspecified atom stereocenters. The fraction of sp³-hybridized carbons (Fsp3) is 0.333. The molecule has 1 aliphatic rings. The first kappa shape index (κ1) is 15.8. The molecule has 23 heavy (non-hydrogen) atoms. The van der Waals surface area contributed by atoms with Gasteiger partial charge in [-0.05, 0) is 17.5 Å². The number of hydrogen-bond acceptors (Lipinski definition) is 3. The van der Waals surface area contributed by atoms with Crippen LogP contribution in [0, 0.1) is 11.8 Å². The van der Waals surface area contributed by atoms with E-state index in [4.69, 9.17) is 5.11 Å². The Balaban J connectivity index is 1.86. The number of nitrogens with zero attached hydrogens (tertiary/aromatic N) is 1. The first-order valence-corrected chi connectivity index (χ1v) is 7.66. The SMILES string of the molecule is O=C(O)[C@@H]1CN(C(=O)c2cc3ccccc3s2)C[C@H]1C(F)(F)F. The molecule has 2 atom stereocenters. The van der Waals surface area contributed by atoms with Gasteiger partial charge in [0, 0.05) is 17.8 Å². The molecular weight excluding hydrogens is 331 g/mol. The maximum absolute atomic E-state index is 13.0. The van der Waals surface area contributed by atoms with Crippen molar-refractivity contribution in [3.63, 3.8) is 0 Å². The van der Waals surface area contributed by atoms with Gasteiger partial charge in [0.2, 0.25) is 0 Å². The standard InChI is InChI=1S/C15H12F3NO3S/c16-15(17,18)10-7-19(6-9(10)14(21)22)13(20)12-5-8-3-1-2-4-11(8)23-12/h1-5,9-10H,6-7H2,(H,21,22)/t9-,10-/m1/s1. The highest BCUT2D eigenvalue weighted by Crippen LogP contribution is 2.38. The molecule has 1 saturated heterocycles. The van der Waals surface area contributed by atoms with Crippen LogP contribution < -0.4 is 0 Å². The lowest BCUT2D eigenvalue weighted by Gasteiger charge is -2.18. The van der Waals surface area contributed by atoms with Crippen molar-refractivity contribution < 1.29 is 27.9 Å². The van der Waals surface area contributed by atoms with E-state index in [0.29, 0.717) is 4.88 Å². The normalized spacial score (nSPS) is 21.8. The summed E-state index contributed by atoms with van der Waals surface area (Å²) in [6.07, 6.45) is -4.64. The summed E-state index contributed by atoms with van der Waals surface area (Å²) in [5.74, 6) is -5.73. The molecule has 2 aromatic rings. The van der Waals surface area contributed by atoms with Crippen molar-refractivity contribution in [3.8, 4) is 0 Å². The van der Waals surface area contributed by atoms with Crippen LogP contribution in [-0.4, -0.2) is 41.1 Å². The van der Waals surface area contributed by atoms with Crippen LogP contribution in [0.1, 0.15) is 9.67 Å². The summed E-state index contributed by atoms with van der Waals surface area (Å²) in [6.45, 7) is -1.04. The number of likely N-dealkylation sites (tertiary alicyclic amines) is 1. The third-order valence-electron chi connectivity index (χ3n) is 3.98. The number of halogens is 3. The number of hydrogen-bond donors (Lipinski definition) is 1. The number of carboxylic acids is 1. The highest BCUT2D eigenvalue weighted by atomic mass is 32.1. The van der Waals surface area contributed by atoms with E-state index in [2.05, 4.69) is 0 Å². The Hall–Kier alpha value is -2.09. The molecule has 0 bridgehead atoms. The maximum atomic E-state index is 13.0. The summed E-state index contributed by atoms with van der Waals surface area (Å²) >= 11 is 1.19. The van der Waals surface area contributed by atoms with Crippen molar-refractivity contribution in [2.24, 2.45) is 11.8 Å². The van der Waals surface area contributed by atoms with Gasteiger partial charge >= 0.3 is 12.1 Å². The Morgan fingerprint density at radius 2 is 1.91 bits per heavy atom. The molecule has 1 aliphatic heterocycles. The number of benzene rings is 1. The number of alkyl halides is 3. The molecule has 0 radical (unpaired) electrons. The average molecular weight is 343 g/mol. The molecule has 8 heteroatoms. The smallest absolute Gasteiger partial charge is 0.394 e. The van der Waals surface area contributed by atoms with Crippen molar-refractivity contribution in [1.82, 2.24) is 4.90 Å². The molecule has 0 saturated carbocycles. The fourth-order valence-electron chi connectivity index (χ4n) is 2.79. The summed E-state index contributed by atoms with van der Waals surface area (Å²) in [5.41, 5.74) is 0. The summed E-state index contributed by atoms with van der Waals surface area (Å²) in [6, 6.07) is 8.87. The number of carbonyl (C=O) groups is 2. The predicted octanol–water partition coefficient (Wildman–Crippen LogP) is 3.24. The van der Waals surface area contributed by atoms with E-state index < -0.39 is 43.0 Å². The highest BCUT2D eigenvalue weighted by Gasteiger charge is 2.53. The lowest BCUT2D eigenvalue weighted by Crippen LogP contribution is -2.34. The van der Waals surface area contributed by atoms with Gasteiger partial charge < -0.3 is 10.0 Å². The van der Waals surface area contributed by atoms with Crippen LogP contribution in [0.5, 0.6) is 0 Å². The van der Waals surface area contributed by atoms with E-state index in [-0.39, 0.29) is 0 Å². The topological polar surface area (TPSA) is 57.6 Å². The van der Waals surface area contributed by atoms with Crippen LogP contribution in [-0.2, 0) is 4.79 Å². The summed E-state index contributed by atoms with van der Waals surface area (Å²) in [7, 11) is 0. The van der Waals surface area contributed by atoms with Crippen LogP contribution in [0.3, 0.4) is 0 Å². The lowest BCUT2D eigenvalue weighted by atomic mass is 9.96. The summed E-state index contributed by atoms with van der Waals surface area (Å²) in [4.78, 5) is 24.8. The van der Waals surface area contributed by atoms with Crippen molar-refractivity contribution in [1.29, 1.82) is 0 Å². The Labute approximate surface area is 133 Å². The van der Waals surface area contributed by atoms with Gasteiger partial charge in [0.1, 0.15) is 0 Å². The minimum atomic E-state index is -4.64. The number of carboxylic acid groups (broad SMARTS) is 1. The third-order valence-corrected chi connectivity index (χ3v) is 5.09. The van der Waals surface area contributed by atoms with Crippen molar-refractivity contribution in [3.05, 3.63) is 35.2 Å². The van der Waals surface area contributed by atoms with Gasteiger partial charge in [0.25, 0.3) is 5.91 Å². The van der Waals surface area contributed by atoms with Crippen LogP contribution in [0.4, 0.5) is 13.2 Å².